The number of hydrogen-bond acceptors (Lipinski definition) is 4. The van der Waals surface area contributed by atoms with E-state index in [0.29, 0.717) is 15.6 Å². The van der Waals surface area contributed by atoms with Gasteiger partial charge >= 0.3 is 0 Å². The molecule has 0 aromatic heterocycles. The number of carbonyl (C=O) groups excluding carboxylic acids is 2. The van der Waals surface area contributed by atoms with Crippen molar-refractivity contribution in [2.24, 2.45) is 0 Å². The molecule has 0 saturated carbocycles. The highest BCUT2D eigenvalue weighted by Crippen LogP contribution is 2.28. The SMILES string of the molecule is CNC(=O)C(Cc1ccccc1)N(Cc1c(Cl)cccc1Cl)C(=O)Cc1ccccc1[N+](=O)[O-]. The number of nitrogens with zero attached hydrogens (tertiary/aromatic N) is 2. The van der Waals surface area contributed by atoms with Gasteiger partial charge in [0, 0.05) is 47.3 Å². The van der Waals surface area contributed by atoms with Gasteiger partial charge in [0.05, 0.1) is 11.3 Å². The number of amides is 2. The number of nitro groups is 1. The Balaban J connectivity index is 2.03. The number of nitrogens with one attached hydrogen (secondary N) is 1. The van der Waals surface area contributed by atoms with Gasteiger partial charge in [-0.25, -0.2) is 0 Å². The van der Waals surface area contributed by atoms with E-state index in [9.17, 15) is 19.7 Å². The quantitative estimate of drug-likeness (QED) is 0.337. The molecule has 3 aromatic rings. The highest BCUT2D eigenvalue weighted by molar-refractivity contribution is 6.36. The van der Waals surface area contributed by atoms with E-state index in [4.69, 9.17) is 23.2 Å². The Hall–Kier alpha value is -3.42. The Bertz CT molecular complexity index is 1170. The summed E-state index contributed by atoms with van der Waals surface area (Å²) in [5.74, 6) is -0.835. The Morgan fingerprint density at radius 3 is 2.21 bits per heavy atom. The maximum Gasteiger partial charge on any atom is 0.273 e. The normalized spacial score (nSPS) is 11.5. The first-order valence-corrected chi connectivity index (χ1v) is 11.3. The summed E-state index contributed by atoms with van der Waals surface area (Å²) in [5.41, 5.74) is 1.43. The topological polar surface area (TPSA) is 92.6 Å². The van der Waals surface area contributed by atoms with Gasteiger partial charge in [0.2, 0.25) is 11.8 Å². The van der Waals surface area contributed by atoms with Gasteiger partial charge in [-0.2, -0.15) is 0 Å². The molecular formula is C25H23Cl2N3O4. The van der Waals surface area contributed by atoms with Gasteiger partial charge < -0.3 is 10.2 Å². The third kappa shape index (κ3) is 6.12. The smallest absolute Gasteiger partial charge is 0.273 e. The lowest BCUT2D eigenvalue weighted by atomic mass is 10.0. The van der Waals surface area contributed by atoms with E-state index in [1.54, 1.807) is 24.3 Å². The predicted octanol–water partition coefficient (Wildman–Crippen LogP) is 4.83. The highest BCUT2D eigenvalue weighted by atomic mass is 35.5. The minimum Gasteiger partial charge on any atom is -0.357 e. The molecule has 7 nitrogen and oxygen atoms in total. The Labute approximate surface area is 207 Å². The average Bonchev–Trinajstić information content (AvgIpc) is 2.83. The predicted molar refractivity (Wildman–Crippen MR) is 132 cm³/mol. The van der Waals surface area contributed by atoms with E-state index in [2.05, 4.69) is 5.32 Å². The molecule has 1 atom stereocenters. The molecule has 0 aliphatic heterocycles. The maximum atomic E-state index is 13.6. The molecule has 176 valence electrons. The van der Waals surface area contributed by atoms with Crippen LogP contribution in [-0.2, 0) is 29.0 Å². The zero-order valence-electron chi connectivity index (χ0n) is 18.4. The van der Waals surface area contributed by atoms with E-state index < -0.39 is 16.9 Å². The summed E-state index contributed by atoms with van der Waals surface area (Å²) in [4.78, 5) is 38.9. The van der Waals surface area contributed by atoms with Crippen molar-refractivity contribution in [2.45, 2.75) is 25.4 Å². The van der Waals surface area contributed by atoms with Crippen molar-refractivity contribution in [3.05, 3.63) is 110 Å². The van der Waals surface area contributed by atoms with Gasteiger partial charge in [-0.05, 0) is 17.7 Å². The van der Waals surface area contributed by atoms with Crippen LogP contribution in [0, 0.1) is 10.1 Å². The second kappa shape index (κ2) is 11.6. The first-order valence-electron chi connectivity index (χ1n) is 10.5. The van der Waals surface area contributed by atoms with Crippen LogP contribution in [0.15, 0.2) is 72.8 Å². The zero-order valence-corrected chi connectivity index (χ0v) is 19.9. The molecule has 0 aliphatic rings. The average molecular weight is 500 g/mol. The number of nitro benzene ring substituents is 1. The third-order valence-corrected chi connectivity index (χ3v) is 6.15. The van der Waals surface area contributed by atoms with Crippen LogP contribution in [0.1, 0.15) is 16.7 Å². The van der Waals surface area contributed by atoms with E-state index >= 15 is 0 Å². The third-order valence-electron chi connectivity index (χ3n) is 5.44. The largest absolute Gasteiger partial charge is 0.357 e. The molecule has 1 N–H and O–H groups in total. The molecule has 34 heavy (non-hydrogen) atoms. The van der Waals surface area contributed by atoms with Crippen molar-refractivity contribution >= 4 is 40.7 Å². The lowest BCUT2D eigenvalue weighted by Crippen LogP contribution is -2.50. The lowest BCUT2D eigenvalue weighted by molar-refractivity contribution is -0.385. The minimum absolute atomic E-state index is 0.0388. The zero-order chi connectivity index (χ0) is 24.7. The molecule has 9 heteroatoms. The van der Waals surface area contributed by atoms with E-state index in [1.165, 1.54) is 30.1 Å². The van der Waals surface area contributed by atoms with E-state index in [1.807, 2.05) is 30.3 Å². The molecule has 3 aromatic carbocycles. The Morgan fingerprint density at radius 1 is 0.971 bits per heavy atom. The van der Waals surface area contributed by atoms with Crippen molar-refractivity contribution < 1.29 is 14.5 Å². The second-order valence-corrected chi connectivity index (χ2v) is 8.42. The minimum atomic E-state index is -0.894. The number of hydrogen-bond donors (Lipinski definition) is 1. The number of halogens is 2. The van der Waals surface area contributed by atoms with Crippen LogP contribution >= 0.6 is 23.2 Å². The molecule has 0 radical (unpaired) electrons. The summed E-state index contributed by atoms with van der Waals surface area (Å²) < 4.78 is 0. The summed E-state index contributed by atoms with van der Waals surface area (Å²) in [6.07, 6.45) is -0.0211. The number of carbonyl (C=O) groups is 2. The molecule has 0 heterocycles. The molecule has 2 amide bonds. The van der Waals surface area contributed by atoms with Crippen molar-refractivity contribution in [3.8, 4) is 0 Å². The summed E-state index contributed by atoms with van der Waals surface area (Å²) in [6.45, 7) is -0.0388. The molecule has 0 bridgehead atoms. The number of rotatable bonds is 9. The van der Waals surface area contributed by atoms with Crippen LogP contribution in [0.4, 0.5) is 5.69 Å². The maximum absolute atomic E-state index is 13.6. The highest BCUT2D eigenvalue weighted by Gasteiger charge is 2.31. The summed E-state index contributed by atoms with van der Waals surface area (Å²) in [6, 6.07) is 19.4. The van der Waals surface area contributed by atoms with Crippen LogP contribution in [0.5, 0.6) is 0 Å². The molecule has 0 spiro atoms. The van der Waals surface area contributed by atoms with Gasteiger partial charge in [-0.1, -0.05) is 77.8 Å². The molecular weight excluding hydrogens is 477 g/mol. The van der Waals surface area contributed by atoms with Gasteiger partial charge in [0.15, 0.2) is 0 Å². The first-order chi connectivity index (χ1) is 16.3. The van der Waals surface area contributed by atoms with Gasteiger partial charge in [-0.15, -0.1) is 0 Å². The van der Waals surface area contributed by atoms with Crippen LogP contribution in [-0.4, -0.2) is 34.7 Å². The van der Waals surface area contributed by atoms with E-state index in [0.717, 1.165) is 5.56 Å². The molecule has 1 unspecified atom stereocenters. The monoisotopic (exact) mass is 499 g/mol. The molecule has 3 rings (SSSR count). The fourth-order valence-electron chi connectivity index (χ4n) is 3.68. The fourth-order valence-corrected chi connectivity index (χ4v) is 4.19. The van der Waals surface area contributed by atoms with E-state index in [-0.39, 0.29) is 36.5 Å². The second-order valence-electron chi connectivity index (χ2n) is 7.60. The van der Waals surface area contributed by atoms with Crippen molar-refractivity contribution in [1.82, 2.24) is 10.2 Å². The summed E-state index contributed by atoms with van der Waals surface area (Å²) >= 11 is 12.7. The van der Waals surface area contributed by atoms with Gasteiger partial charge in [0.25, 0.3) is 5.69 Å². The summed E-state index contributed by atoms with van der Waals surface area (Å²) in [7, 11) is 1.49. The van der Waals surface area contributed by atoms with Crippen LogP contribution < -0.4 is 5.32 Å². The van der Waals surface area contributed by atoms with Gasteiger partial charge in [0.1, 0.15) is 6.04 Å². The van der Waals surface area contributed by atoms with Crippen molar-refractivity contribution in [2.75, 3.05) is 7.05 Å². The van der Waals surface area contributed by atoms with Crippen LogP contribution in [0.2, 0.25) is 10.0 Å². The first kappa shape index (κ1) is 25.2. The Kier molecular flexibility index (Phi) is 8.62. The van der Waals surface area contributed by atoms with Crippen LogP contribution in [0.25, 0.3) is 0 Å². The summed E-state index contributed by atoms with van der Waals surface area (Å²) in [5, 5.41) is 14.8. The molecule has 0 aliphatic carbocycles. The molecule has 0 fully saturated rings. The standard InChI is InChI=1S/C25H23Cl2N3O4/c1-28-25(32)23(14-17-8-3-2-4-9-17)29(16-19-20(26)11-7-12-21(19)27)24(31)15-18-10-5-6-13-22(18)30(33)34/h2-13,23H,14-16H2,1H3,(H,28,32). The number of benzene rings is 3. The lowest BCUT2D eigenvalue weighted by Gasteiger charge is -2.31. The number of para-hydroxylation sites is 1. The van der Waals surface area contributed by atoms with Crippen molar-refractivity contribution in [1.29, 1.82) is 0 Å². The van der Waals surface area contributed by atoms with Crippen LogP contribution in [0.3, 0.4) is 0 Å². The van der Waals surface area contributed by atoms with Crippen molar-refractivity contribution in [3.63, 3.8) is 0 Å². The number of likely N-dealkylation sites (N-methyl/N-ethyl adjacent to an activating group) is 1. The van der Waals surface area contributed by atoms with Gasteiger partial charge in [-0.3, -0.25) is 19.7 Å². The molecule has 0 saturated heterocycles. The Morgan fingerprint density at radius 2 is 1.59 bits per heavy atom. The fraction of sp³-hybridized carbons (Fsp3) is 0.200.